The normalized spacial score (nSPS) is 14.2. The molecular weight excluding hydrogens is 310 g/mol. The van der Waals surface area contributed by atoms with E-state index in [-0.39, 0.29) is 18.4 Å². The summed E-state index contributed by atoms with van der Waals surface area (Å²) >= 11 is 0. The van der Waals surface area contributed by atoms with Gasteiger partial charge in [0.1, 0.15) is 0 Å². The van der Waals surface area contributed by atoms with Gasteiger partial charge >= 0.3 is 0 Å². The first-order valence-electron chi connectivity index (χ1n) is 8.35. The molecule has 0 aliphatic carbocycles. The van der Waals surface area contributed by atoms with Crippen molar-refractivity contribution in [1.82, 2.24) is 24.9 Å². The van der Waals surface area contributed by atoms with E-state index in [1.165, 1.54) is 4.68 Å². The van der Waals surface area contributed by atoms with Crippen LogP contribution in [-0.4, -0.2) is 78.3 Å². The molecule has 1 N–H and O–H groups in total. The summed E-state index contributed by atoms with van der Waals surface area (Å²) in [5.41, 5.74) is 0.297. The molecule has 2 rings (SSSR count). The largest absolute Gasteiger partial charge is 0.468 e. The maximum atomic E-state index is 12.1. The van der Waals surface area contributed by atoms with Crippen molar-refractivity contribution in [2.45, 2.75) is 19.3 Å². The Bertz CT molecular complexity index is 564. The Morgan fingerprint density at radius 3 is 2.71 bits per heavy atom. The Hall–Kier alpha value is -2.09. The second kappa shape index (κ2) is 8.68. The van der Waals surface area contributed by atoms with Crippen LogP contribution in [0.25, 0.3) is 0 Å². The fraction of sp³-hybridized carbons (Fsp3) is 0.688. The number of nitrogens with zero attached hydrogens (tertiary/aromatic N) is 4. The number of aromatic nitrogens is 2. The van der Waals surface area contributed by atoms with Crippen LogP contribution in [-0.2, 0) is 11.8 Å². The lowest BCUT2D eigenvalue weighted by molar-refractivity contribution is -0.132. The van der Waals surface area contributed by atoms with Gasteiger partial charge in [-0.25, -0.2) is 4.68 Å². The number of amides is 2. The molecule has 0 aromatic carbocycles. The SMILES string of the molecule is CN(C)CCCNC(=O)c1cc(OCC(=O)N2CCCC2)n(C)n1. The molecule has 24 heavy (non-hydrogen) atoms. The van der Waals surface area contributed by atoms with Gasteiger partial charge in [-0.3, -0.25) is 9.59 Å². The molecule has 2 heterocycles. The maximum Gasteiger partial charge on any atom is 0.271 e. The van der Waals surface area contributed by atoms with E-state index in [2.05, 4.69) is 15.3 Å². The van der Waals surface area contributed by atoms with Crippen molar-refractivity contribution in [2.75, 3.05) is 46.9 Å². The van der Waals surface area contributed by atoms with E-state index in [0.717, 1.165) is 38.9 Å². The Labute approximate surface area is 142 Å². The van der Waals surface area contributed by atoms with Crippen molar-refractivity contribution in [1.29, 1.82) is 0 Å². The van der Waals surface area contributed by atoms with Crippen LogP contribution in [0.15, 0.2) is 6.07 Å². The summed E-state index contributed by atoms with van der Waals surface area (Å²) in [6.07, 6.45) is 2.98. The zero-order chi connectivity index (χ0) is 17.5. The predicted molar refractivity (Wildman–Crippen MR) is 90.0 cm³/mol. The Kier molecular flexibility index (Phi) is 6.60. The van der Waals surface area contributed by atoms with E-state index in [0.29, 0.717) is 18.1 Å². The lowest BCUT2D eigenvalue weighted by Gasteiger charge is -2.15. The molecular formula is C16H27N5O3. The molecule has 1 saturated heterocycles. The van der Waals surface area contributed by atoms with Crippen LogP contribution >= 0.6 is 0 Å². The van der Waals surface area contributed by atoms with Gasteiger partial charge in [0.25, 0.3) is 11.8 Å². The zero-order valence-corrected chi connectivity index (χ0v) is 14.7. The fourth-order valence-corrected chi connectivity index (χ4v) is 2.58. The highest BCUT2D eigenvalue weighted by atomic mass is 16.5. The summed E-state index contributed by atoms with van der Waals surface area (Å²) in [7, 11) is 5.68. The highest BCUT2D eigenvalue weighted by Crippen LogP contribution is 2.13. The molecule has 8 nitrogen and oxygen atoms in total. The first-order chi connectivity index (χ1) is 11.5. The minimum atomic E-state index is -0.231. The van der Waals surface area contributed by atoms with Gasteiger partial charge < -0.3 is 19.9 Å². The predicted octanol–water partition coefficient (Wildman–Crippen LogP) is 0.103. The van der Waals surface area contributed by atoms with Crippen molar-refractivity contribution in [3.63, 3.8) is 0 Å². The van der Waals surface area contributed by atoms with E-state index < -0.39 is 0 Å². The Morgan fingerprint density at radius 1 is 1.33 bits per heavy atom. The number of aryl methyl sites for hydroxylation is 1. The lowest BCUT2D eigenvalue weighted by Crippen LogP contribution is -2.32. The number of rotatable bonds is 8. The van der Waals surface area contributed by atoms with Crippen LogP contribution in [0.1, 0.15) is 29.8 Å². The van der Waals surface area contributed by atoms with Gasteiger partial charge in [0.15, 0.2) is 12.3 Å². The average molecular weight is 337 g/mol. The molecule has 1 aromatic rings. The van der Waals surface area contributed by atoms with Gasteiger partial charge in [0, 0.05) is 32.7 Å². The summed E-state index contributed by atoms with van der Waals surface area (Å²) in [4.78, 5) is 27.9. The first-order valence-corrected chi connectivity index (χ1v) is 8.35. The second-order valence-electron chi connectivity index (χ2n) is 6.28. The summed E-state index contributed by atoms with van der Waals surface area (Å²) in [5.74, 6) is 0.162. The van der Waals surface area contributed by atoms with Crippen LogP contribution in [0.4, 0.5) is 0 Å². The zero-order valence-electron chi connectivity index (χ0n) is 14.7. The summed E-state index contributed by atoms with van der Waals surface area (Å²) in [5, 5.41) is 6.98. The maximum absolute atomic E-state index is 12.1. The Morgan fingerprint density at radius 2 is 2.04 bits per heavy atom. The summed E-state index contributed by atoms with van der Waals surface area (Å²) in [6.45, 7) is 3.08. The van der Waals surface area contributed by atoms with Crippen molar-refractivity contribution in [3.8, 4) is 5.88 Å². The smallest absolute Gasteiger partial charge is 0.271 e. The molecule has 0 bridgehead atoms. The molecule has 0 saturated carbocycles. The van der Waals surface area contributed by atoms with Crippen molar-refractivity contribution < 1.29 is 14.3 Å². The van der Waals surface area contributed by atoms with Crippen LogP contribution in [0, 0.1) is 0 Å². The molecule has 0 unspecified atom stereocenters. The highest BCUT2D eigenvalue weighted by Gasteiger charge is 2.19. The van der Waals surface area contributed by atoms with E-state index in [9.17, 15) is 9.59 Å². The van der Waals surface area contributed by atoms with Crippen LogP contribution < -0.4 is 10.1 Å². The number of carbonyl (C=O) groups excluding carboxylic acids is 2. The van der Waals surface area contributed by atoms with Gasteiger partial charge in [-0.05, 0) is 39.9 Å². The molecule has 1 aliphatic heterocycles. The number of ether oxygens (including phenoxy) is 1. The fourth-order valence-electron chi connectivity index (χ4n) is 2.58. The molecule has 1 aromatic heterocycles. The third-order valence-electron chi connectivity index (χ3n) is 3.94. The number of carbonyl (C=O) groups is 2. The molecule has 8 heteroatoms. The Balaban J connectivity index is 1.80. The minimum absolute atomic E-state index is 0.0244. The molecule has 2 amide bonds. The van der Waals surface area contributed by atoms with Crippen LogP contribution in [0.3, 0.4) is 0 Å². The van der Waals surface area contributed by atoms with Gasteiger partial charge in [-0.1, -0.05) is 0 Å². The van der Waals surface area contributed by atoms with Gasteiger partial charge in [-0.15, -0.1) is 0 Å². The average Bonchev–Trinajstić information content (AvgIpc) is 3.18. The van der Waals surface area contributed by atoms with Crippen LogP contribution in [0.2, 0.25) is 0 Å². The van der Waals surface area contributed by atoms with Crippen molar-refractivity contribution in [2.24, 2.45) is 7.05 Å². The van der Waals surface area contributed by atoms with Crippen molar-refractivity contribution in [3.05, 3.63) is 11.8 Å². The molecule has 1 fully saturated rings. The monoisotopic (exact) mass is 337 g/mol. The number of nitrogens with one attached hydrogen (secondary N) is 1. The lowest BCUT2D eigenvalue weighted by atomic mass is 10.3. The first kappa shape index (κ1) is 18.3. The molecule has 1 aliphatic rings. The molecule has 134 valence electrons. The van der Waals surface area contributed by atoms with E-state index in [1.807, 2.05) is 14.1 Å². The minimum Gasteiger partial charge on any atom is -0.468 e. The van der Waals surface area contributed by atoms with E-state index >= 15 is 0 Å². The summed E-state index contributed by atoms with van der Waals surface area (Å²) in [6, 6.07) is 1.57. The molecule has 0 spiro atoms. The summed E-state index contributed by atoms with van der Waals surface area (Å²) < 4.78 is 7.00. The van der Waals surface area contributed by atoms with Crippen molar-refractivity contribution >= 4 is 11.8 Å². The number of hydrogen-bond donors (Lipinski definition) is 1. The third-order valence-corrected chi connectivity index (χ3v) is 3.94. The van der Waals surface area contributed by atoms with Gasteiger partial charge in [-0.2, -0.15) is 5.10 Å². The molecule has 0 atom stereocenters. The number of hydrogen-bond acceptors (Lipinski definition) is 5. The van der Waals surface area contributed by atoms with E-state index in [4.69, 9.17) is 4.74 Å². The topological polar surface area (TPSA) is 79.7 Å². The second-order valence-corrected chi connectivity index (χ2v) is 6.28. The van der Waals surface area contributed by atoms with Crippen LogP contribution in [0.5, 0.6) is 5.88 Å². The van der Waals surface area contributed by atoms with E-state index in [1.54, 1.807) is 18.0 Å². The number of likely N-dealkylation sites (tertiary alicyclic amines) is 1. The van der Waals surface area contributed by atoms with Gasteiger partial charge in [0.2, 0.25) is 5.88 Å². The quantitative estimate of drug-likeness (QED) is 0.681. The highest BCUT2D eigenvalue weighted by molar-refractivity contribution is 5.92. The third kappa shape index (κ3) is 5.23. The standard InChI is InChI=1S/C16H27N5O3/c1-19(2)8-6-7-17-16(23)13-11-15(20(3)18-13)24-12-14(22)21-9-4-5-10-21/h11H,4-10,12H2,1-3H3,(H,17,23). The molecule has 0 radical (unpaired) electrons. The van der Waals surface area contributed by atoms with Gasteiger partial charge in [0.05, 0.1) is 0 Å².